The van der Waals surface area contributed by atoms with Crippen LogP contribution in [-0.2, 0) is 19.9 Å². The summed E-state index contributed by atoms with van der Waals surface area (Å²) >= 11 is 0. The highest BCUT2D eigenvalue weighted by atomic mass is 16.5. The van der Waals surface area contributed by atoms with Crippen molar-refractivity contribution in [1.82, 2.24) is 5.32 Å². The lowest BCUT2D eigenvalue weighted by molar-refractivity contribution is -0.137. The third-order valence-electron chi connectivity index (χ3n) is 4.84. The van der Waals surface area contributed by atoms with Gasteiger partial charge in [-0.05, 0) is 35.6 Å². The summed E-state index contributed by atoms with van der Waals surface area (Å²) in [7, 11) is 1.61. The van der Waals surface area contributed by atoms with E-state index in [1.807, 2.05) is 49.4 Å². The largest absolute Gasteiger partial charge is 0.372 e. The molecule has 0 aliphatic carbocycles. The summed E-state index contributed by atoms with van der Waals surface area (Å²) in [5.74, 6) is -0.970. The molecule has 5 heteroatoms. The van der Waals surface area contributed by atoms with Crippen LogP contribution in [0.5, 0.6) is 0 Å². The zero-order valence-electron chi connectivity index (χ0n) is 16.4. The van der Waals surface area contributed by atoms with Crippen LogP contribution in [0.4, 0.5) is 5.69 Å². The Bertz CT molecular complexity index is 751. The van der Waals surface area contributed by atoms with Crippen molar-refractivity contribution in [2.24, 2.45) is 0 Å². The number of hydrogen-bond donors (Lipinski definition) is 2. The summed E-state index contributed by atoms with van der Waals surface area (Å²) in [6.45, 7) is 6.40. The van der Waals surface area contributed by atoms with E-state index in [4.69, 9.17) is 4.74 Å². The van der Waals surface area contributed by atoms with Gasteiger partial charge in [0, 0.05) is 12.8 Å². The van der Waals surface area contributed by atoms with Gasteiger partial charge in [-0.1, -0.05) is 63.2 Å². The van der Waals surface area contributed by atoms with E-state index < -0.39 is 17.4 Å². The van der Waals surface area contributed by atoms with Crippen molar-refractivity contribution in [2.75, 3.05) is 19.0 Å². The first-order valence-electron chi connectivity index (χ1n) is 9.21. The van der Waals surface area contributed by atoms with E-state index in [-0.39, 0.29) is 6.54 Å². The van der Waals surface area contributed by atoms with Crippen molar-refractivity contribution in [3.05, 3.63) is 65.7 Å². The van der Waals surface area contributed by atoms with Crippen molar-refractivity contribution in [3.8, 4) is 0 Å². The molecule has 0 aliphatic heterocycles. The van der Waals surface area contributed by atoms with Crippen molar-refractivity contribution in [2.45, 2.75) is 38.7 Å². The predicted octanol–water partition coefficient (Wildman–Crippen LogP) is 3.82. The fraction of sp³-hybridized carbons (Fsp3) is 0.364. The molecule has 0 saturated heterocycles. The van der Waals surface area contributed by atoms with E-state index in [9.17, 15) is 9.59 Å². The normalized spacial score (nSPS) is 13.1. The third-order valence-corrected chi connectivity index (χ3v) is 4.84. The van der Waals surface area contributed by atoms with Crippen LogP contribution in [0.2, 0.25) is 0 Å². The zero-order chi connectivity index (χ0) is 19.9. The molecule has 1 atom stereocenters. The van der Waals surface area contributed by atoms with Crippen molar-refractivity contribution in [1.29, 1.82) is 0 Å². The summed E-state index contributed by atoms with van der Waals surface area (Å²) in [5.41, 5.74) is 2.06. The molecule has 2 amide bonds. The van der Waals surface area contributed by atoms with Crippen molar-refractivity contribution in [3.63, 3.8) is 0 Å². The number of ether oxygens (including phenoxy) is 1. The first-order chi connectivity index (χ1) is 12.9. The smallest absolute Gasteiger partial charge is 0.313 e. The molecular formula is C22H28N2O3. The summed E-state index contributed by atoms with van der Waals surface area (Å²) in [5, 5.41) is 5.33. The maximum atomic E-state index is 12.3. The number of rotatable bonds is 7. The molecule has 0 bridgehead atoms. The lowest BCUT2D eigenvalue weighted by Gasteiger charge is -2.32. The second-order valence-corrected chi connectivity index (χ2v) is 6.83. The Morgan fingerprint density at radius 3 is 2.15 bits per heavy atom. The van der Waals surface area contributed by atoms with Crippen LogP contribution in [0.15, 0.2) is 54.6 Å². The summed E-state index contributed by atoms with van der Waals surface area (Å²) < 4.78 is 5.71. The maximum absolute atomic E-state index is 12.3. The van der Waals surface area contributed by atoms with Crippen LogP contribution in [0.3, 0.4) is 0 Å². The quantitative estimate of drug-likeness (QED) is 0.730. The van der Waals surface area contributed by atoms with Crippen LogP contribution in [0.1, 0.15) is 44.2 Å². The number of benzene rings is 2. The Morgan fingerprint density at radius 2 is 1.63 bits per heavy atom. The average molecular weight is 368 g/mol. The van der Waals surface area contributed by atoms with E-state index in [2.05, 4.69) is 24.5 Å². The molecule has 27 heavy (non-hydrogen) atoms. The molecule has 0 aliphatic rings. The molecule has 144 valence electrons. The second-order valence-electron chi connectivity index (χ2n) is 6.83. The lowest BCUT2D eigenvalue weighted by Crippen LogP contribution is -2.45. The number of methoxy groups -OCH3 is 1. The molecule has 0 spiro atoms. The molecule has 0 fully saturated rings. The van der Waals surface area contributed by atoms with Crippen LogP contribution in [0.25, 0.3) is 0 Å². The van der Waals surface area contributed by atoms with Crippen LogP contribution in [0, 0.1) is 0 Å². The van der Waals surface area contributed by atoms with Crippen LogP contribution in [-0.4, -0.2) is 25.5 Å². The Kier molecular flexibility index (Phi) is 7.13. The summed E-state index contributed by atoms with van der Waals surface area (Å²) in [6, 6.07) is 17.2. The molecule has 2 N–H and O–H groups in total. The molecular weight excluding hydrogens is 340 g/mol. The Labute approximate surface area is 161 Å². The molecule has 2 aromatic rings. The number of nitrogens with one attached hydrogen (secondary N) is 2. The van der Waals surface area contributed by atoms with Gasteiger partial charge in [-0.15, -0.1) is 0 Å². The standard InChI is InChI=1S/C22H28N2O3/c1-5-22(27-4,18-9-7-6-8-10-18)15-23-20(25)21(26)24-19-13-11-17(12-14-19)16(2)3/h6-14,16H,5,15H2,1-4H3,(H,23,25)(H,24,26). The molecule has 0 aromatic heterocycles. The highest BCUT2D eigenvalue weighted by Crippen LogP contribution is 2.28. The van der Waals surface area contributed by atoms with Crippen LogP contribution < -0.4 is 10.6 Å². The van der Waals surface area contributed by atoms with Crippen molar-refractivity contribution < 1.29 is 14.3 Å². The Balaban J connectivity index is 1.99. The molecule has 2 rings (SSSR count). The maximum Gasteiger partial charge on any atom is 0.313 e. The summed E-state index contributed by atoms with van der Waals surface area (Å²) in [4.78, 5) is 24.5. The van der Waals surface area contributed by atoms with Gasteiger partial charge in [0.25, 0.3) is 0 Å². The van der Waals surface area contributed by atoms with E-state index in [1.165, 1.54) is 5.56 Å². The molecule has 2 aromatic carbocycles. The van der Waals surface area contributed by atoms with E-state index in [0.29, 0.717) is 18.0 Å². The van der Waals surface area contributed by atoms with Gasteiger partial charge in [-0.3, -0.25) is 9.59 Å². The second kappa shape index (κ2) is 9.33. The fourth-order valence-electron chi connectivity index (χ4n) is 2.95. The Morgan fingerprint density at radius 1 is 1.00 bits per heavy atom. The lowest BCUT2D eigenvalue weighted by atomic mass is 9.90. The number of amides is 2. The molecule has 0 heterocycles. The minimum atomic E-state index is -0.693. The highest BCUT2D eigenvalue weighted by molar-refractivity contribution is 6.39. The van der Waals surface area contributed by atoms with Crippen LogP contribution >= 0.6 is 0 Å². The zero-order valence-corrected chi connectivity index (χ0v) is 16.4. The third kappa shape index (κ3) is 5.17. The van der Waals surface area contributed by atoms with Gasteiger partial charge >= 0.3 is 11.8 Å². The van der Waals surface area contributed by atoms with Gasteiger partial charge in [0.1, 0.15) is 5.60 Å². The number of carbonyl (C=O) groups is 2. The van der Waals surface area contributed by atoms with E-state index >= 15 is 0 Å². The molecule has 1 unspecified atom stereocenters. The van der Waals surface area contributed by atoms with Gasteiger partial charge in [0.15, 0.2) is 0 Å². The van der Waals surface area contributed by atoms with E-state index in [1.54, 1.807) is 19.2 Å². The summed E-state index contributed by atoms with van der Waals surface area (Å²) in [6.07, 6.45) is 0.659. The first-order valence-corrected chi connectivity index (χ1v) is 9.21. The predicted molar refractivity (Wildman–Crippen MR) is 108 cm³/mol. The van der Waals surface area contributed by atoms with Gasteiger partial charge in [0.05, 0.1) is 6.54 Å². The van der Waals surface area contributed by atoms with Crippen molar-refractivity contribution >= 4 is 17.5 Å². The SMILES string of the molecule is CCC(CNC(=O)C(=O)Nc1ccc(C(C)C)cc1)(OC)c1ccccc1. The molecule has 0 saturated carbocycles. The van der Waals surface area contributed by atoms with Gasteiger partial charge < -0.3 is 15.4 Å². The Hall–Kier alpha value is -2.66. The van der Waals surface area contributed by atoms with Gasteiger partial charge in [-0.2, -0.15) is 0 Å². The fourth-order valence-corrected chi connectivity index (χ4v) is 2.95. The van der Waals surface area contributed by atoms with Gasteiger partial charge in [0.2, 0.25) is 0 Å². The van der Waals surface area contributed by atoms with E-state index in [0.717, 1.165) is 5.56 Å². The number of hydrogen-bond acceptors (Lipinski definition) is 3. The molecule has 5 nitrogen and oxygen atoms in total. The minimum Gasteiger partial charge on any atom is -0.372 e. The van der Waals surface area contributed by atoms with Gasteiger partial charge in [-0.25, -0.2) is 0 Å². The number of anilines is 1. The minimum absolute atomic E-state index is 0.211. The highest BCUT2D eigenvalue weighted by Gasteiger charge is 2.31. The monoisotopic (exact) mass is 368 g/mol. The number of carbonyl (C=O) groups excluding carboxylic acids is 2. The average Bonchev–Trinajstić information content (AvgIpc) is 2.70. The topological polar surface area (TPSA) is 67.4 Å². The molecule has 0 radical (unpaired) electrons. The first kappa shape index (κ1) is 20.6.